The monoisotopic (exact) mass is 295 g/mol. The van der Waals surface area contributed by atoms with Gasteiger partial charge in [-0.3, -0.25) is 0 Å². The number of hydrogen-bond donors (Lipinski definition) is 1. The van der Waals surface area contributed by atoms with Gasteiger partial charge in [0.05, 0.1) is 21.3 Å². The molecule has 0 fully saturated rings. The zero-order valence-electron chi connectivity index (χ0n) is 13.8. The van der Waals surface area contributed by atoms with Crippen molar-refractivity contribution in [1.82, 2.24) is 0 Å². The Morgan fingerprint density at radius 2 is 1.43 bits per heavy atom. The molecule has 1 rings (SSSR count). The van der Waals surface area contributed by atoms with Crippen LogP contribution in [0.3, 0.4) is 0 Å². The van der Waals surface area contributed by atoms with Crippen molar-refractivity contribution < 1.29 is 14.2 Å². The predicted octanol–water partition coefficient (Wildman–Crippen LogP) is 4.07. The van der Waals surface area contributed by atoms with Crippen molar-refractivity contribution in [3.05, 3.63) is 17.7 Å². The van der Waals surface area contributed by atoms with Gasteiger partial charge >= 0.3 is 0 Å². The van der Waals surface area contributed by atoms with Gasteiger partial charge in [0.2, 0.25) is 0 Å². The van der Waals surface area contributed by atoms with Gasteiger partial charge in [0, 0.05) is 17.7 Å². The van der Waals surface area contributed by atoms with E-state index in [2.05, 4.69) is 6.92 Å². The number of nitrogens with two attached hydrogens (primary N) is 1. The maximum atomic E-state index is 6.32. The van der Waals surface area contributed by atoms with Crippen LogP contribution in [0.1, 0.15) is 57.1 Å². The molecule has 0 amide bonds. The quantitative estimate of drug-likeness (QED) is 0.661. The average Bonchev–Trinajstić information content (AvgIpc) is 2.52. The van der Waals surface area contributed by atoms with Crippen molar-refractivity contribution in [2.45, 2.75) is 51.5 Å². The van der Waals surface area contributed by atoms with Crippen molar-refractivity contribution in [3.63, 3.8) is 0 Å². The molecule has 1 atom stereocenters. The summed E-state index contributed by atoms with van der Waals surface area (Å²) in [4.78, 5) is 0. The van der Waals surface area contributed by atoms with Crippen molar-refractivity contribution >= 4 is 0 Å². The van der Waals surface area contributed by atoms with Crippen LogP contribution < -0.4 is 19.9 Å². The number of benzene rings is 1. The van der Waals surface area contributed by atoms with E-state index in [9.17, 15) is 0 Å². The summed E-state index contributed by atoms with van der Waals surface area (Å²) in [5, 5.41) is 0. The van der Waals surface area contributed by atoms with E-state index in [-0.39, 0.29) is 6.04 Å². The highest BCUT2D eigenvalue weighted by molar-refractivity contribution is 5.51. The summed E-state index contributed by atoms with van der Waals surface area (Å²) in [6, 6.07) is 3.72. The summed E-state index contributed by atoms with van der Waals surface area (Å²) in [5.74, 6) is 2.11. The van der Waals surface area contributed by atoms with Crippen LogP contribution >= 0.6 is 0 Å². The van der Waals surface area contributed by atoms with E-state index in [0.29, 0.717) is 11.5 Å². The Morgan fingerprint density at radius 1 is 0.857 bits per heavy atom. The van der Waals surface area contributed by atoms with Gasteiger partial charge in [0.15, 0.2) is 11.5 Å². The Labute approximate surface area is 128 Å². The van der Waals surface area contributed by atoms with Crippen LogP contribution in [-0.4, -0.2) is 21.3 Å². The molecule has 4 heteroatoms. The van der Waals surface area contributed by atoms with Crippen LogP contribution in [-0.2, 0) is 0 Å². The highest BCUT2D eigenvalue weighted by Gasteiger charge is 2.16. The SMILES string of the molecule is CCCCCCCC(N)c1cc(OC)c(OC)cc1OC. The second kappa shape index (κ2) is 9.50. The zero-order chi connectivity index (χ0) is 15.7. The van der Waals surface area contributed by atoms with Gasteiger partial charge < -0.3 is 19.9 Å². The van der Waals surface area contributed by atoms with Crippen molar-refractivity contribution in [2.75, 3.05) is 21.3 Å². The molecule has 0 aliphatic rings. The lowest BCUT2D eigenvalue weighted by molar-refractivity contribution is 0.346. The first-order valence-corrected chi connectivity index (χ1v) is 7.73. The topological polar surface area (TPSA) is 53.7 Å². The van der Waals surface area contributed by atoms with E-state index in [1.54, 1.807) is 21.3 Å². The molecule has 0 aromatic heterocycles. The molecule has 0 saturated carbocycles. The van der Waals surface area contributed by atoms with Crippen molar-refractivity contribution in [1.29, 1.82) is 0 Å². The second-order valence-electron chi connectivity index (χ2n) is 5.26. The third-order valence-corrected chi connectivity index (χ3v) is 3.75. The minimum absolute atomic E-state index is 0.0404. The molecule has 0 aliphatic carbocycles. The fourth-order valence-corrected chi connectivity index (χ4v) is 2.47. The molecular weight excluding hydrogens is 266 g/mol. The number of ether oxygens (including phenoxy) is 3. The molecule has 0 spiro atoms. The highest BCUT2D eigenvalue weighted by atomic mass is 16.5. The van der Waals surface area contributed by atoms with Gasteiger partial charge in [-0.1, -0.05) is 39.0 Å². The van der Waals surface area contributed by atoms with E-state index < -0.39 is 0 Å². The maximum absolute atomic E-state index is 6.32. The average molecular weight is 295 g/mol. The molecule has 2 N–H and O–H groups in total. The molecule has 4 nitrogen and oxygen atoms in total. The first-order valence-electron chi connectivity index (χ1n) is 7.73. The largest absolute Gasteiger partial charge is 0.496 e. The number of rotatable bonds is 10. The lowest BCUT2D eigenvalue weighted by Gasteiger charge is -2.18. The summed E-state index contributed by atoms with van der Waals surface area (Å²) < 4.78 is 16.1. The van der Waals surface area contributed by atoms with Crippen LogP contribution in [0, 0.1) is 0 Å². The maximum Gasteiger partial charge on any atom is 0.164 e. The predicted molar refractivity (Wildman–Crippen MR) is 86.4 cm³/mol. The summed E-state index contributed by atoms with van der Waals surface area (Å²) in [5.41, 5.74) is 7.30. The lowest BCUT2D eigenvalue weighted by atomic mass is 9.99. The minimum Gasteiger partial charge on any atom is -0.496 e. The molecule has 0 bridgehead atoms. The van der Waals surface area contributed by atoms with E-state index >= 15 is 0 Å². The van der Waals surface area contributed by atoms with Crippen molar-refractivity contribution in [3.8, 4) is 17.2 Å². The molecule has 0 saturated heterocycles. The summed E-state index contributed by atoms with van der Waals surface area (Å²) >= 11 is 0. The van der Waals surface area contributed by atoms with Gasteiger partial charge in [0.1, 0.15) is 5.75 Å². The third kappa shape index (κ3) is 5.12. The fourth-order valence-electron chi connectivity index (χ4n) is 2.47. The molecule has 21 heavy (non-hydrogen) atoms. The van der Waals surface area contributed by atoms with Gasteiger partial charge in [-0.05, 0) is 12.5 Å². The van der Waals surface area contributed by atoms with E-state index in [4.69, 9.17) is 19.9 Å². The summed E-state index contributed by atoms with van der Waals surface area (Å²) in [6.07, 6.45) is 7.17. The second-order valence-corrected chi connectivity index (χ2v) is 5.26. The molecule has 0 aliphatic heterocycles. The molecule has 1 aromatic carbocycles. The summed E-state index contributed by atoms with van der Waals surface area (Å²) in [7, 11) is 4.90. The Bertz CT molecular complexity index is 421. The van der Waals surface area contributed by atoms with Gasteiger partial charge in [-0.2, -0.15) is 0 Å². The lowest BCUT2D eigenvalue weighted by Crippen LogP contribution is -2.12. The fraction of sp³-hybridized carbons (Fsp3) is 0.647. The van der Waals surface area contributed by atoms with E-state index in [0.717, 1.165) is 24.2 Å². The Morgan fingerprint density at radius 3 is 2.00 bits per heavy atom. The highest BCUT2D eigenvalue weighted by Crippen LogP contribution is 2.38. The summed E-state index contributed by atoms with van der Waals surface area (Å²) in [6.45, 7) is 2.22. The van der Waals surface area contributed by atoms with E-state index in [1.807, 2.05) is 12.1 Å². The Kier molecular flexibility index (Phi) is 7.98. The normalized spacial score (nSPS) is 12.0. The smallest absolute Gasteiger partial charge is 0.164 e. The van der Waals surface area contributed by atoms with Crippen molar-refractivity contribution in [2.24, 2.45) is 5.73 Å². The van der Waals surface area contributed by atoms with Crippen LogP contribution in [0.2, 0.25) is 0 Å². The van der Waals surface area contributed by atoms with Crippen LogP contribution in [0.25, 0.3) is 0 Å². The molecule has 0 radical (unpaired) electrons. The first kappa shape index (κ1) is 17.6. The zero-order valence-corrected chi connectivity index (χ0v) is 13.8. The Balaban J connectivity index is 2.75. The Hall–Kier alpha value is -1.42. The molecule has 1 unspecified atom stereocenters. The molecular formula is C17H29NO3. The molecule has 120 valence electrons. The number of hydrogen-bond acceptors (Lipinski definition) is 4. The number of methoxy groups -OCH3 is 3. The van der Waals surface area contributed by atoms with Crippen LogP contribution in [0.4, 0.5) is 0 Å². The first-order chi connectivity index (χ1) is 10.2. The van der Waals surface area contributed by atoms with Gasteiger partial charge in [-0.25, -0.2) is 0 Å². The third-order valence-electron chi connectivity index (χ3n) is 3.75. The van der Waals surface area contributed by atoms with Crippen LogP contribution in [0.5, 0.6) is 17.2 Å². The molecule has 1 aromatic rings. The minimum atomic E-state index is -0.0404. The van der Waals surface area contributed by atoms with Crippen LogP contribution in [0.15, 0.2) is 12.1 Å². The van der Waals surface area contributed by atoms with E-state index in [1.165, 1.54) is 25.7 Å². The van der Waals surface area contributed by atoms with Gasteiger partial charge in [-0.15, -0.1) is 0 Å². The standard InChI is InChI=1S/C17H29NO3/c1-5-6-7-8-9-10-14(18)13-11-16(20-3)17(21-4)12-15(13)19-2/h11-12,14H,5-10,18H2,1-4H3. The van der Waals surface area contributed by atoms with Gasteiger partial charge in [0.25, 0.3) is 0 Å². The molecule has 0 heterocycles. The number of unbranched alkanes of at least 4 members (excludes halogenated alkanes) is 4.